The van der Waals surface area contributed by atoms with Crippen LogP contribution in [0, 0.1) is 0 Å². The van der Waals surface area contributed by atoms with Gasteiger partial charge in [-0.1, -0.05) is 140 Å². The van der Waals surface area contributed by atoms with Gasteiger partial charge in [0.1, 0.15) is 16.7 Å². The Balaban J connectivity index is 1.01. The number of hydrogen-bond acceptors (Lipinski definition) is 4. The molecule has 0 spiro atoms. The van der Waals surface area contributed by atoms with Crippen LogP contribution in [0.2, 0.25) is 0 Å². The Labute approximate surface area is 329 Å². The molecule has 57 heavy (non-hydrogen) atoms. The van der Waals surface area contributed by atoms with Crippen molar-refractivity contribution in [2.75, 3.05) is 4.90 Å². The van der Waals surface area contributed by atoms with Crippen molar-refractivity contribution < 1.29 is 8.83 Å². The van der Waals surface area contributed by atoms with Crippen molar-refractivity contribution >= 4 is 60.9 Å². The third-order valence-corrected chi connectivity index (χ3v) is 10.9. The van der Waals surface area contributed by atoms with Crippen molar-refractivity contribution in [1.82, 2.24) is 4.98 Å². The zero-order valence-corrected chi connectivity index (χ0v) is 30.8. The number of aromatic nitrogens is 1. The van der Waals surface area contributed by atoms with Crippen LogP contribution in [0.3, 0.4) is 0 Å². The summed E-state index contributed by atoms with van der Waals surface area (Å²) in [6.07, 6.45) is 0. The number of fused-ring (bicyclic) bond motifs is 5. The van der Waals surface area contributed by atoms with Crippen molar-refractivity contribution in [2.24, 2.45) is 0 Å². The standard InChI is InChI=1S/C53H34N2O2/c1-3-13-37(14-4-1)44-18-9-10-20-48(44)55(42-28-24-36(25-29-42)41-23-22-35-12-7-8-17-40(35)32-41)43-30-26-38(27-31-43)45-19-11-21-49-52(45)46-33-51-47(34-50(46)56-49)54-53(57-51)39-15-5-2-6-16-39/h1-34H. The Morgan fingerprint density at radius 2 is 0.982 bits per heavy atom. The van der Waals surface area contributed by atoms with Crippen LogP contribution in [-0.2, 0) is 0 Å². The Morgan fingerprint density at radius 1 is 0.368 bits per heavy atom. The number of para-hydroxylation sites is 1. The van der Waals surface area contributed by atoms with E-state index in [0.29, 0.717) is 5.89 Å². The van der Waals surface area contributed by atoms with E-state index in [1.54, 1.807) is 0 Å². The Morgan fingerprint density at radius 3 is 1.75 bits per heavy atom. The molecule has 0 bridgehead atoms. The van der Waals surface area contributed by atoms with Gasteiger partial charge in [-0.05, 0) is 99.3 Å². The molecule has 0 unspecified atom stereocenters. The molecule has 0 amide bonds. The summed E-state index contributed by atoms with van der Waals surface area (Å²) in [4.78, 5) is 7.14. The molecular weight excluding hydrogens is 697 g/mol. The van der Waals surface area contributed by atoms with Crippen LogP contribution in [-0.4, -0.2) is 4.98 Å². The molecule has 2 aromatic heterocycles. The van der Waals surface area contributed by atoms with Gasteiger partial charge in [0.05, 0.1) is 5.69 Å². The number of furan rings is 1. The van der Waals surface area contributed by atoms with Gasteiger partial charge in [-0.3, -0.25) is 0 Å². The van der Waals surface area contributed by atoms with Gasteiger partial charge in [0.2, 0.25) is 5.89 Å². The Bertz CT molecular complexity index is 3220. The molecule has 0 saturated heterocycles. The van der Waals surface area contributed by atoms with E-state index in [4.69, 9.17) is 13.8 Å². The molecule has 0 aliphatic carbocycles. The van der Waals surface area contributed by atoms with E-state index in [9.17, 15) is 0 Å². The van der Waals surface area contributed by atoms with Crippen LogP contribution in [0.15, 0.2) is 215 Å². The lowest BCUT2D eigenvalue weighted by Gasteiger charge is -2.28. The highest BCUT2D eigenvalue weighted by atomic mass is 16.4. The summed E-state index contributed by atoms with van der Waals surface area (Å²) in [7, 11) is 0. The van der Waals surface area contributed by atoms with Gasteiger partial charge in [-0.2, -0.15) is 0 Å². The van der Waals surface area contributed by atoms with Gasteiger partial charge in [0.25, 0.3) is 0 Å². The fraction of sp³-hybridized carbons (Fsp3) is 0. The third-order valence-electron chi connectivity index (χ3n) is 10.9. The Hall–Kier alpha value is -7.69. The van der Waals surface area contributed by atoms with E-state index >= 15 is 0 Å². The second-order valence-electron chi connectivity index (χ2n) is 14.4. The molecule has 0 aliphatic heterocycles. The first kappa shape index (κ1) is 32.7. The van der Waals surface area contributed by atoms with Crippen molar-refractivity contribution in [3.05, 3.63) is 206 Å². The van der Waals surface area contributed by atoms with E-state index in [-0.39, 0.29) is 0 Å². The molecule has 4 nitrogen and oxygen atoms in total. The van der Waals surface area contributed by atoms with E-state index < -0.39 is 0 Å². The first-order valence-corrected chi connectivity index (χ1v) is 19.2. The first-order valence-electron chi connectivity index (χ1n) is 19.2. The van der Waals surface area contributed by atoms with Gasteiger partial charge in [-0.25, -0.2) is 4.98 Å². The number of anilines is 3. The minimum atomic E-state index is 0.597. The van der Waals surface area contributed by atoms with Crippen LogP contribution in [0.25, 0.3) is 88.6 Å². The quantitative estimate of drug-likeness (QED) is 0.164. The van der Waals surface area contributed by atoms with E-state index in [2.05, 4.69) is 169 Å². The molecule has 0 radical (unpaired) electrons. The van der Waals surface area contributed by atoms with E-state index in [1.807, 2.05) is 42.5 Å². The lowest BCUT2D eigenvalue weighted by molar-refractivity contribution is 0.620. The second kappa shape index (κ2) is 13.6. The van der Waals surface area contributed by atoms with E-state index in [0.717, 1.165) is 77.9 Å². The number of nitrogens with zero attached hydrogens (tertiary/aromatic N) is 2. The predicted octanol–water partition coefficient (Wildman–Crippen LogP) is 15.0. The molecule has 268 valence electrons. The summed E-state index contributed by atoms with van der Waals surface area (Å²) in [5.41, 5.74) is 14.2. The average Bonchev–Trinajstić information content (AvgIpc) is 3.87. The van der Waals surface area contributed by atoms with Crippen LogP contribution in [0.4, 0.5) is 17.1 Å². The van der Waals surface area contributed by atoms with Gasteiger partial charge >= 0.3 is 0 Å². The second-order valence-corrected chi connectivity index (χ2v) is 14.4. The molecule has 0 N–H and O–H groups in total. The number of oxazole rings is 1. The summed E-state index contributed by atoms with van der Waals surface area (Å²) in [5, 5.41) is 4.53. The highest BCUT2D eigenvalue weighted by Gasteiger charge is 2.20. The highest BCUT2D eigenvalue weighted by molar-refractivity contribution is 6.15. The fourth-order valence-electron chi connectivity index (χ4n) is 8.11. The SMILES string of the molecule is c1ccc(-c2nc3cc4oc5cccc(-c6ccc(N(c7ccc(-c8ccc9ccccc9c8)cc7)c7ccccc7-c7ccccc7)cc6)c5c4cc3o2)cc1. The lowest BCUT2D eigenvalue weighted by Crippen LogP contribution is -2.11. The first-order chi connectivity index (χ1) is 28.2. The van der Waals surface area contributed by atoms with Crippen molar-refractivity contribution in [3.63, 3.8) is 0 Å². The molecule has 0 fully saturated rings. The topological polar surface area (TPSA) is 42.4 Å². The van der Waals surface area contributed by atoms with Gasteiger partial charge in [0, 0.05) is 39.3 Å². The lowest BCUT2D eigenvalue weighted by atomic mass is 9.98. The molecule has 2 heterocycles. The van der Waals surface area contributed by atoms with Gasteiger partial charge in [0.15, 0.2) is 5.58 Å². The normalized spacial score (nSPS) is 11.5. The van der Waals surface area contributed by atoms with Crippen molar-refractivity contribution in [2.45, 2.75) is 0 Å². The zero-order chi connectivity index (χ0) is 37.7. The van der Waals surface area contributed by atoms with Crippen LogP contribution < -0.4 is 4.90 Å². The maximum absolute atomic E-state index is 6.44. The summed E-state index contributed by atoms with van der Waals surface area (Å²) in [5.74, 6) is 0.597. The molecule has 4 heteroatoms. The van der Waals surface area contributed by atoms with Crippen molar-refractivity contribution in [3.8, 4) is 44.8 Å². The molecule has 0 aliphatic rings. The molecule has 9 aromatic carbocycles. The maximum Gasteiger partial charge on any atom is 0.227 e. The summed E-state index contributed by atoms with van der Waals surface area (Å²) >= 11 is 0. The predicted molar refractivity (Wildman–Crippen MR) is 235 cm³/mol. The fourth-order valence-corrected chi connectivity index (χ4v) is 8.11. The molecule has 0 saturated carbocycles. The van der Waals surface area contributed by atoms with Crippen molar-refractivity contribution in [1.29, 1.82) is 0 Å². The average molecular weight is 731 g/mol. The summed E-state index contributed by atoms with van der Waals surface area (Å²) in [6.45, 7) is 0. The summed E-state index contributed by atoms with van der Waals surface area (Å²) < 4.78 is 12.7. The molecule has 11 rings (SSSR count). The Kier molecular flexibility index (Phi) is 7.78. The number of rotatable bonds is 7. The highest BCUT2D eigenvalue weighted by Crippen LogP contribution is 2.43. The summed E-state index contributed by atoms with van der Waals surface area (Å²) in [6, 6.07) is 72.5. The molecule has 11 aromatic rings. The van der Waals surface area contributed by atoms with E-state index in [1.165, 1.54) is 21.9 Å². The van der Waals surface area contributed by atoms with Crippen LogP contribution in [0.1, 0.15) is 0 Å². The monoisotopic (exact) mass is 730 g/mol. The number of hydrogen-bond donors (Lipinski definition) is 0. The molecule has 0 atom stereocenters. The minimum absolute atomic E-state index is 0.597. The number of benzene rings is 9. The van der Waals surface area contributed by atoms with Gasteiger partial charge in [-0.15, -0.1) is 0 Å². The third kappa shape index (κ3) is 5.83. The van der Waals surface area contributed by atoms with Gasteiger partial charge < -0.3 is 13.7 Å². The maximum atomic E-state index is 6.44. The van der Waals surface area contributed by atoms with Crippen LogP contribution in [0.5, 0.6) is 0 Å². The largest absolute Gasteiger partial charge is 0.456 e. The minimum Gasteiger partial charge on any atom is -0.456 e. The van der Waals surface area contributed by atoms with Crippen LogP contribution >= 0.6 is 0 Å². The zero-order valence-electron chi connectivity index (χ0n) is 30.8. The molecular formula is C53H34N2O2. The smallest absolute Gasteiger partial charge is 0.227 e.